The quantitative estimate of drug-likeness (QED) is 0.797. The number of hydrogen-bond donors (Lipinski definition) is 0. The summed E-state index contributed by atoms with van der Waals surface area (Å²) in [6.45, 7) is 7.12. The average molecular weight is 397 g/mol. The predicted molar refractivity (Wildman–Crippen MR) is 103 cm³/mol. The van der Waals surface area contributed by atoms with Gasteiger partial charge in [0, 0.05) is 38.8 Å². The van der Waals surface area contributed by atoms with Crippen LogP contribution in [0, 0.1) is 13.8 Å². The van der Waals surface area contributed by atoms with Crippen molar-refractivity contribution in [1.29, 1.82) is 0 Å². The molecule has 1 aliphatic rings. The molecule has 0 aliphatic carbocycles. The Balaban J connectivity index is 1.71. The van der Waals surface area contributed by atoms with Crippen molar-refractivity contribution in [2.24, 2.45) is 7.05 Å². The molecule has 2 heterocycles. The van der Waals surface area contributed by atoms with E-state index in [2.05, 4.69) is 10.00 Å². The highest BCUT2D eigenvalue weighted by atomic mass is 35.5. The molecule has 1 aromatic carbocycles. The maximum Gasteiger partial charge on any atom is 0.243 e. The van der Waals surface area contributed by atoms with Gasteiger partial charge < -0.3 is 0 Å². The number of hydrogen-bond acceptors (Lipinski definition) is 4. The molecule has 0 atom stereocenters. The third-order valence-electron chi connectivity index (χ3n) is 4.86. The first-order chi connectivity index (χ1) is 12.3. The van der Waals surface area contributed by atoms with Crippen molar-refractivity contribution in [1.82, 2.24) is 19.0 Å². The molecule has 3 rings (SSSR count). The Bertz CT molecular complexity index is 877. The molecule has 0 unspecified atom stereocenters. The second-order valence-corrected chi connectivity index (χ2v) is 9.12. The lowest BCUT2D eigenvalue weighted by Crippen LogP contribution is -2.35. The summed E-state index contributed by atoms with van der Waals surface area (Å²) < 4.78 is 29.1. The van der Waals surface area contributed by atoms with Crippen LogP contribution in [-0.2, 0) is 23.6 Å². The van der Waals surface area contributed by atoms with Gasteiger partial charge in [-0.15, -0.1) is 0 Å². The van der Waals surface area contributed by atoms with E-state index in [0.29, 0.717) is 36.2 Å². The highest BCUT2D eigenvalue weighted by molar-refractivity contribution is 7.89. The van der Waals surface area contributed by atoms with Gasteiger partial charge in [-0.2, -0.15) is 9.40 Å². The number of sulfonamides is 1. The maximum atomic E-state index is 12.9. The topological polar surface area (TPSA) is 58.4 Å². The molecule has 142 valence electrons. The molecule has 0 N–H and O–H groups in total. The molecular weight excluding hydrogens is 372 g/mol. The first-order valence-corrected chi connectivity index (χ1v) is 10.6. The fourth-order valence-electron chi connectivity index (χ4n) is 3.28. The van der Waals surface area contributed by atoms with Gasteiger partial charge in [0.15, 0.2) is 0 Å². The van der Waals surface area contributed by atoms with Crippen molar-refractivity contribution in [2.45, 2.75) is 31.7 Å². The normalized spacial score (nSPS) is 17.4. The second kappa shape index (κ2) is 7.68. The molecule has 2 aromatic rings. The standard InChI is InChI=1S/C18H25ClN4O2S/c1-14-5-7-16(8-6-14)26(24,25)23-10-4-9-22(11-12-23)13-17-15(2)20-21(3)18(17)19/h5-8H,4,9-13H2,1-3H3. The van der Waals surface area contributed by atoms with Gasteiger partial charge in [-0.05, 0) is 38.9 Å². The molecule has 0 spiro atoms. The van der Waals surface area contributed by atoms with Gasteiger partial charge in [-0.25, -0.2) is 8.42 Å². The van der Waals surface area contributed by atoms with E-state index in [-0.39, 0.29) is 0 Å². The Labute approximate surface area is 160 Å². The van der Waals surface area contributed by atoms with Gasteiger partial charge >= 0.3 is 0 Å². The molecule has 0 saturated carbocycles. The van der Waals surface area contributed by atoms with Crippen molar-refractivity contribution < 1.29 is 8.42 Å². The zero-order valence-corrected chi connectivity index (χ0v) is 17.0. The van der Waals surface area contributed by atoms with Crippen LogP contribution in [0.5, 0.6) is 0 Å². The summed E-state index contributed by atoms with van der Waals surface area (Å²) in [6.07, 6.45) is 0.794. The van der Waals surface area contributed by atoms with E-state index in [4.69, 9.17) is 11.6 Å². The first kappa shape index (κ1) is 19.4. The number of nitrogens with zero attached hydrogens (tertiary/aromatic N) is 4. The molecule has 1 aliphatic heterocycles. The fraction of sp³-hybridized carbons (Fsp3) is 0.500. The molecule has 1 fully saturated rings. The molecule has 0 amide bonds. The van der Waals surface area contributed by atoms with Gasteiger partial charge in [0.05, 0.1) is 10.6 Å². The number of aromatic nitrogens is 2. The zero-order valence-electron chi connectivity index (χ0n) is 15.4. The average Bonchev–Trinajstić information content (AvgIpc) is 2.78. The molecule has 8 heteroatoms. The van der Waals surface area contributed by atoms with Crippen molar-refractivity contribution >= 4 is 21.6 Å². The Morgan fingerprint density at radius 1 is 1.08 bits per heavy atom. The minimum Gasteiger partial charge on any atom is -0.298 e. The van der Waals surface area contributed by atoms with Crippen molar-refractivity contribution in [3.8, 4) is 0 Å². The fourth-order valence-corrected chi connectivity index (χ4v) is 4.99. The summed E-state index contributed by atoms with van der Waals surface area (Å²) >= 11 is 6.34. The van der Waals surface area contributed by atoms with Crippen LogP contribution in [-0.4, -0.2) is 53.6 Å². The number of halogens is 1. The van der Waals surface area contributed by atoms with E-state index in [1.54, 1.807) is 21.1 Å². The summed E-state index contributed by atoms with van der Waals surface area (Å²) in [6, 6.07) is 7.05. The lowest BCUT2D eigenvalue weighted by Gasteiger charge is -2.22. The zero-order chi connectivity index (χ0) is 18.9. The van der Waals surface area contributed by atoms with Crippen LogP contribution in [0.1, 0.15) is 23.2 Å². The highest BCUT2D eigenvalue weighted by Gasteiger charge is 2.27. The smallest absolute Gasteiger partial charge is 0.243 e. The molecule has 0 bridgehead atoms. The van der Waals surface area contributed by atoms with Gasteiger partial charge in [0.2, 0.25) is 10.0 Å². The third kappa shape index (κ3) is 3.96. The third-order valence-corrected chi connectivity index (χ3v) is 7.24. The summed E-state index contributed by atoms with van der Waals surface area (Å²) in [7, 11) is -1.62. The van der Waals surface area contributed by atoms with Crippen molar-refractivity contribution in [3.63, 3.8) is 0 Å². The predicted octanol–water partition coefficient (Wildman–Crippen LogP) is 2.59. The van der Waals surface area contributed by atoms with E-state index in [0.717, 1.165) is 29.8 Å². The Morgan fingerprint density at radius 3 is 2.38 bits per heavy atom. The Morgan fingerprint density at radius 2 is 1.77 bits per heavy atom. The number of benzene rings is 1. The van der Waals surface area contributed by atoms with Gasteiger partial charge in [0.25, 0.3) is 0 Å². The van der Waals surface area contributed by atoms with Crippen LogP contribution >= 0.6 is 11.6 Å². The van der Waals surface area contributed by atoms with Crippen LogP contribution < -0.4 is 0 Å². The summed E-state index contributed by atoms with van der Waals surface area (Å²) in [5.74, 6) is 0. The Kier molecular flexibility index (Phi) is 5.72. The lowest BCUT2D eigenvalue weighted by molar-refractivity contribution is 0.278. The number of aryl methyl sites for hydroxylation is 3. The molecule has 0 radical (unpaired) electrons. The van der Waals surface area contributed by atoms with E-state index < -0.39 is 10.0 Å². The lowest BCUT2D eigenvalue weighted by atomic mass is 10.2. The van der Waals surface area contributed by atoms with Crippen LogP contribution in [0.4, 0.5) is 0 Å². The molecule has 1 aromatic heterocycles. The monoisotopic (exact) mass is 396 g/mol. The number of rotatable bonds is 4. The van der Waals surface area contributed by atoms with Crippen LogP contribution in [0.2, 0.25) is 5.15 Å². The second-order valence-electron chi connectivity index (χ2n) is 6.83. The SMILES string of the molecule is Cc1ccc(S(=O)(=O)N2CCCN(Cc3c(C)nn(C)c3Cl)CC2)cc1. The molecule has 6 nitrogen and oxygen atoms in total. The van der Waals surface area contributed by atoms with E-state index >= 15 is 0 Å². The first-order valence-electron chi connectivity index (χ1n) is 8.76. The van der Waals surface area contributed by atoms with Crippen LogP contribution in [0.25, 0.3) is 0 Å². The summed E-state index contributed by atoms with van der Waals surface area (Å²) in [4.78, 5) is 2.61. The highest BCUT2D eigenvalue weighted by Crippen LogP contribution is 2.23. The van der Waals surface area contributed by atoms with Gasteiger partial charge in [-0.1, -0.05) is 29.3 Å². The van der Waals surface area contributed by atoms with E-state index in [1.165, 1.54) is 0 Å². The van der Waals surface area contributed by atoms with Crippen molar-refractivity contribution in [3.05, 3.63) is 46.2 Å². The molecule has 26 heavy (non-hydrogen) atoms. The Hall–Kier alpha value is -1.41. The summed E-state index contributed by atoms with van der Waals surface area (Å²) in [5.41, 5.74) is 2.99. The maximum absolute atomic E-state index is 12.9. The molecule has 1 saturated heterocycles. The van der Waals surface area contributed by atoms with Crippen molar-refractivity contribution in [2.75, 3.05) is 26.2 Å². The van der Waals surface area contributed by atoms with E-state index in [9.17, 15) is 8.42 Å². The minimum atomic E-state index is -3.45. The molecular formula is C18H25ClN4O2S. The van der Waals surface area contributed by atoms with Gasteiger partial charge in [0.1, 0.15) is 5.15 Å². The van der Waals surface area contributed by atoms with Gasteiger partial charge in [-0.3, -0.25) is 9.58 Å². The minimum absolute atomic E-state index is 0.364. The van der Waals surface area contributed by atoms with Crippen LogP contribution in [0.15, 0.2) is 29.2 Å². The largest absolute Gasteiger partial charge is 0.298 e. The summed E-state index contributed by atoms with van der Waals surface area (Å²) in [5, 5.41) is 5.00. The van der Waals surface area contributed by atoms with Crippen LogP contribution in [0.3, 0.4) is 0 Å². The van der Waals surface area contributed by atoms with E-state index in [1.807, 2.05) is 33.0 Å².